The predicted octanol–water partition coefficient (Wildman–Crippen LogP) is 2.94. The second-order valence-electron chi connectivity index (χ2n) is 3.87. The molecule has 3 rings (SSSR count). The van der Waals surface area contributed by atoms with E-state index in [9.17, 15) is 0 Å². The van der Waals surface area contributed by atoms with Crippen LogP contribution in [0.1, 0.15) is 9.88 Å². The minimum absolute atomic E-state index is 0.814. The number of nitrogens with zero attached hydrogens (tertiary/aromatic N) is 2. The molecule has 0 saturated heterocycles. The van der Waals surface area contributed by atoms with Gasteiger partial charge in [0, 0.05) is 22.1 Å². The predicted molar refractivity (Wildman–Crippen MR) is 70.3 cm³/mol. The molecule has 2 N–H and O–H groups in total. The van der Waals surface area contributed by atoms with Crippen molar-refractivity contribution < 1.29 is 0 Å². The van der Waals surface area contributed by atoms with E-state index in [-0.39, 0.29) is 0 Å². The van der Waals surface area contributed by atoms with Gasteiger partial charge in [0.15, 0.2) is 0 Å². The Labute approximate surface area is 103 Å². The lowest BCUT2D eigenvalue weighted by Gasteiger charge is -2.04. The third-order valence-corrected chi connectivity index (χ3v) is 3.49. The Kier molecular flexibility index (Phi) is 2.53. The van der Waals surface area contributed by atoms with Crippen molar-refractivity contribution in [1.82, 2.24) is 15.2 Å². The largest absolute Gasteiger partial charge is 0.380 e. The third kappa shape index (κ3) is 2.14. The quantitative estimate of drug-likeness (QED) is 0.744. The molecule has 0 saturated carbocycles. The maximum Gasteiger partial charge on any atom is 0.0897 e. The van der Waals surface area contributed by atoms with Crippen molar-refractivity contribution in [3.63, 3.8) is 0 Å². The third-order valence-electron chi connectivity index (χ3n) is 2.58. The maximum atomic E-state index is 4.23. The SMILES string of the molecule is Cc1ncc(CNc2ccc3[nH]ncc3c2)s1. The van der Waals surface area contributed by atoms with E-state index in [1.165, 1.54) is 4.88 Å². The fourth-order valence-corrected chi connectivity index (χ4v) is 2.46. The smallest absolute Gasteiger partial charge is 0.0897 e. The normalized spacial score (nSPS) is 10.9. The number of benzene rings is 1. The molecule has 0 fully saturated rings. The zero-order valence-electron chi connectivity index (χ0n) is 9.40. The number of fused-ring (bicyclic) bond motifs is 1. The zero-order valence-corrected chi connectivity index (χ0v) is 10.2. The van der Waals surface area contributed by atoms with Gasteiger partial charge in [-0.15, -0.1) is 11.3 Å². The van der Waals surface area contributed by atoms with Gasteiger partial charge in [-0.25, -0.2) is 4.98 Å². The van der Waals surface area contributed by atoms with Crippen LogP contribution in [-0.2, 0) is 6.54 Å². The lowest BCUT2D eigenvalue weighted by atomic mass is 10.2. The number of aromatic nitrogens is 3. The molecule has 4 nitrogen and oxygen atoms in total. The number of hydrogen-bond donors (Lipinski definition) is 2. The fourth-order valence-electron chi connectivity index (χ4n) is 1.73. The highest BCUT2D eigenvalue weighted by Crippen LogP contribution is 2.18. The summed E-state index contributed by atoms with van der Waals surface area (Å²) in [6.45, 7) is 2.83. The highest BCUT2D eigenvalue weighted by Gasteiger charge is 2.00. The molecule has 0 unspecified atom stereocenters. The van der Waals surface area contributed by atoms with E-state index < -0.39 is 0 Å². The van der Waals surface area contributed by atoms with Gasteiger partial charge in [-0.3, -0.25) is 5.10 Å². The van der Waals surface area contributed by atoms with Gasteiger partial charge in [0.2, 0.25) is 0 Å². The van der Waals surface area contributed by atoms with Crippen molar-refractivity contribution in [1.29, 1.82) is 0 Å². The summed E-state index contributed by atoms with van der Waals surface area (Å²) in [6, 6.07) is 6.17. The summed E-state index contributed by atoms with van der Waals surface area (Å²) in [5.74, 6) is 0. The van der Waals surface area contributed by atoms with Crippen LogP contribution in [0, 0.1) is 6.92 Å². The van der Waals surface area contributed by atoms with E-state index in [1.807, 2.05) is 25.4 Å². The van der Waals surface area contributed by atoms with Crippen molar-refractivity contribution in [3.8, 4) is 0 Å². The first kappa shape index (κ1) is 10.3. The number of thiazole rings is 1. The molecule has 86 valence electrons. The van der Waals surface area contributed by atoms with Crippen molar-refractivity contribution in [2.24, 2.45) is 0 Å². The summed E-state index contributed by atoms with van der Waals surface area (Å²) in [6.07, 6.45) is 3.75. The molecule has 0 aliphatic carbocycles. The number of hydrogen-bond acceptors (Lipinski definition) is 4. The summed E-state index contributed by atoms with van der Waals surface area (Å²) in [7, 11) is 0. The van der Waals surface area contributed by atoms with Crippen molar-refractivity contribution in [3.05, 3.63) is 40.5 Å². The van der Waals surface area contributed by atoms with E-state index >= 15 is 0 Å². The summed E-state index contributed by atoms with van der Waals surface area (Å²) < 4.78 is 0. The van der Waals surface area contributed by atoms with Gasteiger partial charge in [0.05, 0.1) is 23.3 Å². The van der Waals surface area contributed by atoms with Crippen LogP contribution in [0.25, 0.3) is 10.9 Å². The Morgan fingerprint density at radius 3 is 3.12 bits per heavy atom. The molecule has 0 aliphatic rings. The Balaban J connectivity index is 1.76. The molecule has 0 amide bonds. The van der Waals surface area contributed by atoms with Crippen LogP contribution < -0.4 is 5.32 Å². The molecule has 17 heavy (non-hydrogen) atoms. The standard InChI is InChI=1S/C12H12N4S/c1-8-13-6-11(17-8)7-14-10-2-3-12-9(4-10)5-15-16-12/h2-6,14H,7H2,1H3,(H,15,16). The van der Waals surface area contributed by atoms with E-state index in [0.717, 1.165) is 28.1 Å². The van der Waals surface area contributed by atoms with E-state index in [0.29, 0.717) is 0 Å². The lowest BCUT2D eigenvalue weighted by Crippen LogP contribution is -1.96. The van der Waals surface area contributed by atoms with Crippen LogP contribution in [0.2, 0.25) is 0 Å². The molecule has 5 heteroatoms. The monoisotopic (exact) mass is 244 g/mol. The molecule has 3 aromatic rings. The molecule has 0 aliphatic heterocycles. The Morgan fingerprint density at radius 1 is 1.35 bits per heavy atom. The van der Waals surface area contributed by atoms with Gasteiger partial charge in [-0.1, -0.05) is 0 Å². The highest BCUT2D eigenvalue weighted by atomic mass is 32.1. The number of aryl methyl sites for hydroxylation is 1. The number of H-pyrrole nitrogens is 1. The summed E-state index contributed by atoms with van der Waals surface area (Å²) >= 11 is 1.72. The number of anilines is 1. The fraction of sp³-hybridized carbons (Fsp3) is 0.167. The van der Waals surface area contributed by atoms with Gasteiger partial charge in [0.25, 0.3) is 0 Å². The van der Waals surface area contributed by atoms with Crippen LogP contribution in [-0.4, -0.2) is 15.2 Å². The molecule has 0 atom stereocenters. The van der Waals surface area contributed by atoms with Gasteiger partial charge in [-0.05, 0) is 25.1 Å². The Hall–Kier alpha value is -1.88. The van der Waals surface area contributed by atoms with Crippen molar-refractivity contribution in [2.75, 3.05) is 5.32 Å². The lowest BCUT2D eigenvalue weighted by molar-refractivity contribution is 1.12. The molecule has 2 aromatic heterocycles. The molecule has 1 aromatic carbocycles. The summed E-state index contributed by atoms with van der Waals surface area (Å²) in [5.41, 5.74) is 2.16. The summed E-state index contributed by atoms with van der Waals surface area (Å²) in [5, 5.41) is 12.6. The summed E-state index contributed by atoms with van der Waals surface area (Å²) in [4.78, 5) is 5.48. The second kappa shape index (κ2) is 4.18. The number of nitrogens with one attached hydrogen (secondary N) is 2. The molecule has 0 bridgehead atoms. The first-order valence-corrected chi connectivity index (χ1v) is 6.21. The van der Waals surface area contributed by atoms with Crippen LogP contribution >= 0.6 is 11.3 Å². The van der Waals surface area contributed by atoms with E-state index in [4.69, 9.17) is 0 Å². The van der Waals surface area contributed by atoms with Crippen molar-refractivity contribution >= 4 is 27.9 Å². The van der Waals surface area contributed by atoms with Crippen LogP contribution in [0.15, 0.2) is 30.6 Å². The molecular weight excluding hydrogens is 232 g/mol. The number of rotatable bonds is 3. The molecular formula is C12H12N4S. The minimum Gasteiger partial charge on any atom is -0.380 e. The first-order chi connectivity index (χ1) is 8.31. The molecule has 2 heterocycles. The second-order valence-corrected chi connectivity index (χ2v) is 5.19. The first-order valence-electron chi connectivity index (χ1n) is 5.39. The van der Waals surface area contributed by atoms with E-state index in [2.05, 4.69) is 32.6 Å². The van der Waals surface area contributed by atoms with Gasteiger partial charge < -0.3 is 5.32 Å². The van der Waals surface area contributed by atoms with Crippen LogP contribution in [0.4, 0.5) is 5.69 Å². The van der Waals surface area contributed by atoms with Crippen molar-refractivity contribution in [2.45, 2.75) is 13.5 Å². The minimum atomic E-state index is 0.814. The van der Waals surface area contributed by atoms with Gasteiger partial charge in [-0.2, -0.15) is 5.10 Å². The zero-order chi connectivity index (χ0) is 11.7. The average Bonchev–Trinajstić information content (AvgIpc) is 2.94. The maximum absolute atomic E-state index is 4.23. The Bertz CT molecular complexity index is 641. The van der Waals surface area contributed by atoms with Crippen LogP contribution in [0.3, 0.4) is 0 Å². The Morgan fingerprint density at radius 2 is 2.29 bits per heavy atom. The van der Waals surface area contributed by atoms with E-state index in [1.54, 1.807) is 11.3 Å². The molecule has 0 spiro atoms. The molecule has 0 radical (unpaired) electrons. The topological polar surface area (TPSA) is 53.6 Å². The van der Waals surface area contributed by atoms with Crippen LogP contribution in [0.5, 0.6) is 0 Å². The van der Waals surface area contributed by atoms with Gasteiger partial charge >= 0.3 is 0 Å². The van der Waals surface area contributed by atoms with Gasteiger partial charge in [0.1, 0.15) is 0 Å². The average molecular weight is 244 g/mol. The highest BCUT2D eigenvalue weighted by molar-refractivity contribution is 7.11. The number of aromatic amines is 1.